The molecule has 1 aliphatic rings. The van der Waals surface area contributed by atoms with Crippen molar-refractivity contribution in [2.75, 3.05) is 17.2 Å². The lowest BCUT2D eigenvalue weighted by Gasteiger charge is -2.18. The number of nitrogens with zero attached hydrogens (tertiary/aromatic N) is 2. The molecule has 1 aliphatic heterocycles. The van der Waals surface area contributed by atoms with Crippen LogP contribution in [0.3, 0.4) is 0 Å². The van der Waals surface area contributed by atoms with Crippen LogP contribution in [-0.2, 0) is 16.7 Å². The van der Waals surface area contributed by atoms with Gasteiger partial charge in [0.05, 0.1) is 16.5 Å². The van der Waals surface area contributed by atoms with Gasteiger partial charge in [-0.3, -0.25) is 4.55 Å². The highest BCUT2D eigenvalue weighted by atomic mass is 32.2. The first-order valence-electron chi connectivity index (χ1n) is 10.4. The van der Waals surface area contributed by atoms with Crippen LogP contribution in [0.25, 0.3) is 17.0 Å². The highest BCUT2D eigenvalue weighted by Crippen LogP contribution is 2.46. The monoisotopic (exact) mass is 455 g/mol. The normalized spacial score (nSPS) is 15.1. The summed E-state index contributed by atoms with van der Waals surface area (Å²) in [5, 5.41) is 2.25. The molecule has 1 N–H and O–H groups in total. The van der Waals surface area contributed by atoms with Crippen molar-refractivity contribution in [2.45, 2.75) is 38.6 Å². The van der Waals surface area contributed by atoms with Crippen LogP contribution in [0.1, 0.15) is 30.2 Å². The average Bonchev–Trinajstić information content (AvgIpc) is 3.04. The van der Waals surface area contributed by atoms with E-state index in [-0.39, 0.29) is 5.75 Å². The molecule has 0 fully saturated rings. The Kier molecular flexibility index (Phi) is 6.10. The van der Waals surface area contributed by atoms with Gasteiger partial charge in [-0.1, -0.05) is 23.9 Å². The Balaban J connectivity index is 1.78. The van der Waals surface area contributed by atoms with Crippen LogP contribution >= 0.6 is 11.8 Å². The fraction of sp³-hybridized carbons (Fsp3) is 0.292. The van der Waals surface area contributed by atoms with Gasteiger partial charge in [-0.25, -0.2) is 0 Å². The number of rotatable bonds is 6. The second kappa shape index (κ2) is 8.65. The van der Waals surface area contributed by atoms with E-state index in [2.05, 4.69) is 84.8 Å². The van der Waals surface area contributed by atoms with Crippen LogP contribution in [0.2, 0.25) is 0 Å². The first-order valence-corrected chi connectivity index (χ1v) is 12.8. The molecule has 0 bridgehead atoms. The number of benzene rings is 2. The van der Waals surface area contributed by atoms with Crippen molar-refractivity contribution < 1.29 is 17.5 Å². The van der Waals surface area contributed by atoms with Crippen LogP contribution in [0.4, 0.5) is 5.69 Å². The zero-order valence-electron chi connectivity index (χ0n) is 18.0. The first-order chi connectivity index (χ1) is 14.7. The van der Waals surface area contributed by atoms with Gasteiger partial charge < -0.3 is 4.90 Å². The van der Waals surface area contributed by atoms with Gasteiger partial charge in [0, 0.05) is 41.5 Å². The van der Waals surface area contributed by atoms with Crippen molar-refractivity contribution >= 4 is 44.5 Å². The molecule has 3 aromatic rings. The second-order valence-corrected chi connectivity index (χ2v) is 10.5. The number of thioether (sulfide) groups is 1. The standard InChI is InChI=1S/C24H26N2O3S2/c1-4-25-21-11-7-18(3)15-23(21)30-24(25)16-20-10-9-19-8-6-17(2)14-22(19)26(20)12-5-13-31(27,28)29/h6-11,14-16H,4-5,12-13H2,1-3H3/p+1. The summed E-state index contributed by atoms with van der Waals surface area (Å²) < 4.78 is 33.9. The highest BCUT2D eigenvalue weighted by Gasteiger charge is 2.26. The molecule has 0 unspecified atom stereocenters. The Morgan fingerprint density at radius 2 is 1.77 bits per heavy atom. The molecular formula is C24H27N2O3S2+. The summed E-state index contributed by atoms with van der Waals surface area (Å²) in [5.74, 6) is -0.251. The molecule has 4 rings (SSSR count). The van der Waals surface area contributed by atoms with Gasteiger partial charge in [0.25, 0.3) is 10.1 Å². The molecule has 0 aliphatic carbocycles. The fourth-order valence-electron chi connectivity index (χ4n) is 3.99. The maximum absolute atomic E-state index is 11.3. The maximum atomic E-state index is 11.3. The summed E-state index contributed by atoms with van der Waals surface area (Å²) in [5.41, 5.74) is 5.68. The molecule has 7 heteroatoms. The number of anilines is 1. The Morgan fingerprint density at radius 1 is 1.06 bits per heavy atom. The Labute approximate surface area is 188 Å². The fourth-order valence-corrected chi connectivity index (χ4v) is 5.75. The minimum atomic E-state index is -3.99. The van der Waals surface area contributed by atoms with Crippen molar-refractivity contribution in [2.24, 2.45) is 0 Å². The predicted octanol–water partition coefficient (Wildman–Crippen LogP) is 4.95. The van der Waals surface area contributed by atoms with E-state index in [0.717, 1.165) is 33.7 Å². The van der Waals surface area contributed by atoms with E-state index in [1.54, 1.807) is 11.8 Å². The van der Waals surface area contributed by atoms with Gasteiger partial charge in [0.15, 0.2) is 6.54 Å². The van der Waals surface area contributed by atoms with Gasteiger partial charge in [-0.15, -0.1) is 0 Å². The largest absolute Gasteiger partial charge is 0.335 e. The number of pyridine rings is 1. The molecule has 0 saturated carbocycles. The number of hydrogen-bond acceptors (Lipinski definition) is 4. The number of fused-ring (bicyclic) bond motifs is 2. The molecule has 2 heterocycles. The molecule has 1 aromatic heterocycles. The second-order valence-electron chi connectivity index (χ2n) is 7.91. The van der Waals surface area contributed by atoms with Crippen molar-refractivity contribution in [1.82, 2.24) is 0 Å². The van der Waals surface area contributed by atoms with E-state index in [4.69, 9.17) is 0 Å². The predicted molar refractivity (Wildman–Crippen MR) is 128 cm³/mol. The molecule has 31 heavy (non-hydrogen) atoms. The number of hydrogen-bond donors (Lipinski definition) is 1. The molecule has 0 radical (unpaired) electrons. The van der Waals surface area contributed by atoms with E-state index in [9.17, 15) is 13.0 Å². The third-order valence-corrected chi connectivity index (χ3v) is 7.38. The van der Waals surface area contributed by atoms with Crippen molar-refractivity contribution in [3.63, 3.8) is 0 Å². The summed E-state index contributed by atoms with van der Waals surface area (Å²) in [4.78, 5) is 3.56. The molecule has 0 spiro atoms. The van der Waals surface area contributed by atoms with Gasteiger partial charge in [0.1, 0.15) is 0 Å². The van der Waals surface area contributed by atoms with Gasteiger partial charge in [0.2, 0.25) is 11.2 Å². The molecule has 0 amide bonds. The van der Waals surface area contributed by atoms with E-state index < -0.39 is 10.1 Å². The van der Waals surface area contributed by atoms with Gasteiger partial charge in [-0.2, -0.15) is 13.0 Å². The maximum Gasteiger partial charge on any atom is 0.265 e. The summed E-state index contributed by atoms with van der Waals surface area (Å²) in [6.45, 7) is 7.67. The molecular weight excluding hydrogens is 428 g/mol. The molecule has 2 aromatic carbocycles. The number of aryl methyl sites for hydroxylation is 3. The first kappa shape index (κ1) is 21.9. The zero-order valence-corrected chi connectivity index (χ0v) is 19.6. The lowest BCUT2D eigenvalue weighted by molar-refractivity contribution is -0.673. The topological polar surface area (TPSA) is 61.5 Å². The van der Waals surface area contributed by atoms with E-state index in [1.807, 2.05) is 0 Å². The summed E-state index contributed by atoms with van der Waals surface area (Å²) in [7, 11) is -3.99. The average molecular weight is 456 g/mol. The smallest absolute Gasteiger partial charge is 0.265 e. The van der Waals surface area contributed by atoms with Crippen LogP contribution in [-0.4, -0.2) is 25.3 Å². The van der Waals surface area contributed by atoms with E-state index in [1.165, 1.54) is 16.1 Å². The molecule has 0 atom stereocenters. The number of aromatic nitrogens is 1. The SMILES string of the molecule is CCN1/C(=C/c2ccc3ccc(C)cc3[n+]2CCCS(=O)(=O)O)Sc2cc(C)ccc21. The Bertz CT molecular complexity index is 1280. The summed E-state index contributed by atoms with van der Waals surface area (Å²) in [6, 6.07) is 17.0. The molecule has 162 valence electrons. The van der Waals surface area contributed by atoms with Crippen LogP contribution in [0.5, 0.6) is 0 Å². The van der Waals surface area contributed by atoms with Crippen LogP contribution in [0, 0.1) is 13.8 Å². The lowest BCUT2D eigenvalue weighted by Crippen LogP contribution is -2.39. The minimum Gasteiger partial charge on any atom is -0.335 e. The summed E-state index contributed by atoms with van der Waals surface area (Å²) in [6.07, 6.45) is 2.52. The third kappa shape index (κ3) is 4.79. The zero-order chi connectivity index (χ0) is 22.2. The van der Waals surface area contributed by atoms with E-state index in [0.29, 0.717) is 13.0 Å². The Hall–Kier alpha value is -2.35. The quantitative estimate of drug-likeness (QED) is 0.421. The minimum absolute atomic E-state index is 0.251. The lowest BCUT2D eigenvalue weighted by atomic mass is 10.1. The Morgan fingerprint density at radius 3 is 2.52 bits per heavy atom. The third-order valence-electron chi connectivity index (χ3n) is 5.48. The van der Waals surface area contributed by atoms with Crippen LogP contribution in [0.15, 0.2) is 58.5 Å². The van der Waals surface area contributed by atoms with E-state index >= 15 is 0 Å². The molecule has 0 saturated heterocycles. The molecule has 5 nitrogen and oxygen atoms in total. The van der Waals surface area contributed by atoms with Crippen molar-refractivity contribution in [1.29, 1.82) is 0 Å². The van der Waals surface area contributed by atoms with Gasteiger partial charge in [-0.05, 0) is 56.2 Å². The highest BCUT2D eigenvalue weighted by molar-refractivity contribution is 8.03. The van der Waals surface area contributed by atoms with Crippen molar-refractivity contribution in [3.8, 4) is 0 Å². The van der Waals surface area contributed by atoms with Crippen molar-refractivity contribution in [3.05, 3.63) is 70.4 Å². The van der Waals surface area contributed by atoms with Gasteiger partial charge >= 0.3 is 0 Å². The summed E-state index contributed by atoms with van der Waals surface area (Å²) >= 11 is 1.76. The van der Waals surface area contributed by atoms with Crippen LogP contribution < -0.4 is 9.47 Å².